The second-order valence-corrected chi connectivity index (χ2v) is 8.47. The minimum absolute atomic E-state index is 0.205. The maximum Gasteiger partial charge on any atom is 0.341 e. The van der Waals surface area contributed by atoms with Crippen LogP contribution in [0.25, 0.3) is 16.0 Å². The standard InChI is InChI=1S/C28H24N2O4S/c1-4-34-28(32)22-7-5-15-29-27(22)30-21-12-9-19(10-13-21)26(31)18(2)23-17-20(11-14-24(23)33-3)25-8-6-16-35-25/h5-17H,2,4H2,1,3H3,(H,29,30). The van der Waals surface area contributed by atoms with Crippen LogP contribution in [0.5, 0.6) is 5.75 Å². The molecule has 0 spiro atoms. The number of anilines is 2. The van der Waals surface area contributed by atoms with Crippen LogP contribution in [0.3, 0.4) is 0 Å². The Morgan fingerprint density at radius 3 is 2.51 bits per heavy atom. The van der Waals surface area contributed by atoms with E-state index in [-0.39, 0.29) is 12.4 Å². The topological polar surface area (TPSA) is 77.5 Å². The van der Waals surface area contributed by atoms with Crippen molar-refractivity contribution in [2.75, 3.05) is 19.0 Å². The Hall–Kier alpha value is -4.23. The van der Waals surface area contributed by atoms with E-state index >= 15 is 0 Å². The number of rotatable bonds is 9. The monoisotopic (exact) mass is 484 g/mol. The summed E-state index contributed by atoms with van der Waals surface area (Å²) in [6, 6.07) is 20.0. The SMILES string of the molecule is C=C(C(=O)c1ccc(Nc2ncccc2C(=O)OCC)cc1)c1cc(-c2cccs2)ccc1OC. The number of esters is 1. The molecule has 0 aliphatic carbocycles. The number of benzene rings is 2. The molecule has 0 bridgehead atoms. The van der Waals surface area contributed by atoms with Gasteiger partial charge in [-0.3, -0.25) is 4.79 Å². The van der Waals surface area contributed by atoms with Crippen LogP contribution in [0, 0.1) is 0 Å². The normalized spacial score (nSPS) is 10.5. The highest BCUT2D eigenvalue weighted by atomic mass is 32.1. The third-order valence-electron chi connectivity index (χ3n) is 5.32. The average Bonchev–Trinajstić information content (AvgIpc) is 3.43. The van der Waals surface area contributed by atoms with E-state index in [2.05, 4.69) is 16.9 Å². The Balaban J connectivity index is 1.55. The zero-order valence-corrected chi connectivity index (χ0v) is 20.2. The summed E-state index contributed by atoms with van der Waals surface area (Å²) < 4.78 is 10.6. The number of ether oxygens (including phenoxy) is 2. The number of aromatic nitrogens is 1. The van der Waals surface area contributed by atoms with Gasteiger partial charge in [0.15, 0.2) is 5.78 Å². The lowest BCUT2D eigenvalue weighted by atomic mass is 9.95. The molecule has 2 aromatic heterocycles. The Labute approximate surface area is 207 Å². The molecular weight excluding hydrogens is 460 g/mol. The number of nitrogens with one attached hydrogen (secondary N) is 1. The van der Waals surface area contributed by atoms with Gasteiger partial charge in [-0.15, -0.1) is 11.3 Å². The number of ketones is 1. The van der Waals surface area contributed by atoms with E-state index in [0.717, 1.165) is 10.4 Å². The smallest absolute Gasteiger partial charge is 0.341 e. The summed E-state index contributed by atoms with van der Waals surface area (Å²) in [6.07, 6.45) is 1.59. The van der Waals surface area contributed by atoms with Crippen molar-refractivity contribution in [3.8, 4) is 16.2 Å². The first kappa shape index (κ1) is 23.9. The number of hydrogen-bond donors (Lipinski definition) is 1. The van der Waals surface area contributed by atoms with Gasteiger partial charge < -0.3 is 14.8 Å². The molecule has 2 aromatic carbocycles. The van der Waals surface area contributed by atoms with E-state index in [1.54, 1.807) is 68.0 Å². The number of pyridine rings is 1. The quantitative estimate of drug-likeness (QED) is 0.163. The summed E-state index contributed by atoms with van der Waals surface area (Å²) >= 11 is 1.63. The number of carbonyl (C=O) groups is 2. The predicted molar refractivity (Wildman–Crippen MR) is 140 cm³/mol. The lowest BCUT2D eigenvalue weighted by Gasteiger charge is -2.13. The maximum absolute atomic E-state index is 13.2. The van der Waals surface area contributed by atoms with Gasteiger partial charge in [-0.2, -0.15) is 0 Å². The van der Waals surface area contributed by atoms with Gasteiger partial charge >= 0.3 is 5.97 Å². The first-order chi connectivity index (χ1) is 17.0. The fraction of sp³-hybridized carbons (Fsp3) is 0.107. The number of thiophene rings is 1. The minimum atomic E-state index is -0.454. The molecule has 2 heterocycles. The van der Waals surface area contributed by atoms with E-state index in [1.807, 2.05) is 35.7 Å². The van der Waals surface area contributed by atoms with E-state index in [1.165, 1.54) is 0 Å². The summed E-state index contributed by atoms with van der Waals surface area (Å²) in [6.45, 7) is 6.09. The van der Waals surface area contributed by atoms with Crippen molar-refractivity contribution in [2.45, 2.75) is 6.92 Å². The molecule has 0 aliphatic heterocycles. The first-order valence-corrected chi connectivity index (χ1v) is 11.8. The lowest BCUT2D eigenvalue weighted by Crippen LogP contribution is -2.09. The van der Waals surface area contributed by atoms with Crippen molar-refractivity contribution >= 4 is 40.2 Å². The van der Waals surface area contributed by atoms with Crippen LogP contribution in [-0.2, 0) is 4.74 Å². The molecule has 0 fully saturated rings. The fourth-order valence-corrected chi connectivity index (χ4v) is 4.28. The van der Waals surface area contributed by atoms with Crippen LogP contribution < -0.4 is 10.1 Å². The lowest BCUT2D eigenvalue weighted by molar-refractivity contribution is 0.0527. The van der Waals surface area contributed by atoms with Crippen molar-refractivity contribution < 1.29 is 19.1 Å². The Kier molecular flexibility index (Phi) is 7.38. The molecule has 6 nitrogen and oxygen atoms in total. The molecule has 0 saturated carbocycles. The molecule has 0 saturated heterocycles. The van der Waals surface area contributed by atoms with Crippen LogP contribution in [0.4, 0.5) is 11.5 Å². The zero-order valence-electron chi connectivity index (χ0n) is 19.4. The van der Waals surface area contributed by atoms with Gasteiger partial charge in [0, 0.05) is 33.5 Å². The van der Waals surface area contributed by atoms with E-state index in [0.29, 0.717) is 39.5 Å². The summed E-state index contributed by atoms with van der Waals surface area (Å²) in [5.74, 6) is 0.307. The van der Waals surface area contributed by atoms with Gasteiger partial charge in [0.25, 0.3) is 0 Å². The summed E-state index contributed by atoms with van der Waals surface area (Å²) in [7, 11) is 1.57. The van der Waals surface area contributed by atoms with Gasteiger partial charge in [-0.25, -0.2) is 9.78 Å². The fourth-order valence-electron chi connectivity index (χ4n) is 3.56. The van der Waals surface area contributed by atoms with Crippen molar-refractivity contribution in [3.05, 3.63) is 102 Å². The zero-order chi connectivity index (χ0) is 24.8. The summed E-state index contributed by atoms with van der Waals surface area (Å²) in [5, 5.41) is 5.13. The number of Topliss-reactive ketones (excluding diaryl/α,β-unsaturated/α-hetero) is 1. The van der Waals surface area contributed by atoms with Gasteiger partial charge in [0.1, 0.15) is 17.1 Å². The predicted octanol–water partition coefficient (Wildman–Crippen LogP) is 6.64. The number of hydrogen-bond acceptors (Lipinski definition) is 7. The van der Waals surface area contributed by atoms with Crippen LogP contribution >= 0.6 is 11.3 Å². The number of allylic oxidation sites excluding steroid dienone is 1. The number of methoxy groups -OCH3 is 1. The molecular formula is C28H24N2O4S. The van der Waals surface area contributed by atoms with Crippen LogP contribution in [0.2, 0.25) is 0 Å². The third-order valence-corrected chi connectivity index (χ3v) is 6.24. The summed E-state index contributed by atoms with van der Waals surface area (Å²) in [4.78, 5) is 30.8. The third kappa shape index (κ3) is 5.31. The van der Waals surface area contributed by atoms with E-state index < -0.39 is 5.97 Å². The van der Waals surface area contributed by atoms with Crippen LogP contribution in [0.15, 0.2) is 84.9 Å². The molecule has 0 radical (unpaired) electrons. The Morgan fingerprint density at radius 2 is 1.83 bits per heavy atom. The van der Waals surface area contributed by atoms with Crippen molar-refractivity contribution in [2.24, 2.45) is 0 Å². The highest BCUT2D eigenvalue weighted by Crippen LogP contribution is 2.34. The first-order valence-electron chi connectivity index (χ1n) is 11.0. The molecule has 176 valence electrons. The van der Waals surface area contributed by atoms with Crippen molar-refractivity contribution in [3.63, 3.8) is 0 Å². The average molecular weight is 485 g/mol. The molecule has 0 amide bonds. The Bertz CT molecular complexity index is 1360. The molecule has 4 aromatic rings. The summed E-state index contributed by atoms with van der Waals surface area (Å²) in [5.41, 5.74) is 3.48. The molecule has 35 heavy (non-hydrogen) atoms. The molecule has 7 heteroatoms. The molecule has 1 N–H and O–H groups in total. The second kappa shape index (κ2) is 10.8. The number of nitrogens with zero attached hydrogens (tertiary/aromatic N) is 1. The van der Waals surface area contributed by atoms with Gasteiger partial charge in [-0.05, 0) is 78.5 Å². The van der Waals surface area contributed by atoms with E-state index in [9.17, 15) is 9.59 Å². The van der Waals surface area contributed by atoms with Crippen LogP contribution in [0.1, 0.15) is 33.2 Å². The van der Waals surface area contributed by atoms with Crippen LogP contribution in [-0.4, -0.2) is 30.5 Å². The van der Waals surface area contributed by atoms with E-state index in [4.69, 9.17) is 9.47 Å². The minimum Gasteiger partial charge on any atom is -0.496 e. The highest BCUT2D eigenvalue weighted by molar-refractivity contribution is 7.13. The maximum atomic E-state index is 13.2. The number of carbonyl (C=O) groups excluding carboxylic acids is 2. The molecule has 4 rings (SSSR count). The van der Waals surface area contributed by atoms with Gasteiger partial charge in [-0.1, -0.05) is 12.6 Å². The molecule has 0 atom stereocenters. The largest absolute Gasteiger partial charge is 0.496 e. The molecule has 0 unspecified atom stereocenters. The van der Waals surface area contributed by atoms with Gasteiger partial charge in [0.05, 0.1) is 13.7 Å². The molecule has 0 aliphatic rings. The van der Waals surface area contributed by atoms with Crippen molar-refractivity contribution in [1.82, 2.24) is 4.98 Å². The highest BCUT2D eigenvalue weighted by Gasteiger charge is 2.18. The Morgan fingerprint density at radius 1 is 1.03 bits per heavy atom. The second-order valence-electron chi connectivity index (χ2n) is 7.52. The van der Waals surface area contributed by atoms with Gasteiger partial charge in [0.2, 0.25) is 0 Å². The van der Waals surface area contributed by atoms with Crippen molar-refractivity contribution in [1.29, 1.82) is 0 Å².